The van der Waals surface area contributed by atoms with Crippen LogP contribution in [-0.4, -0.2) is 34.1 Å². The standard InChI is InChI=1S/C25H23N3O4S/c1-3-16-9-11-18(12-10-16)28-24(31)20(23(30)26-25(28)33)13-17-14-27(15-22(29)32-4-2)21-8-6-5-7-19(17)21/h5-14H,3-4,15H2,1-2H3,(H,26,30,33)/b20-13+. The second kappa shape index (κ2) is 9.38. The Morgan fingerprint density at radius 1 is 1.09 bits per heavy atom. The second-order valence-electron chi connectivity index (χ2n) is 7.51. The summed E-state index contributed by atoms with van der Waals surface area (Å²) < 4.78 is 6.81. The number of anilines is 1. The molecule has 7 nitrogen and oxygen atoms in total. The molecule has 168 valence electrons. The van der Waals surface area contributed by atoms with Crippen LogP contribution in [0.2, 0.25) is 0 Å². The maximum absolute atomic E-state index is 13.3. The van der Waals surface area contributed by atoms with E-state index in [9.17, 15) is 14.4 Å². The molecule has 2 aromatic carbocycles. The molecule has 0 unspecified atom stereocenters. The lowest BCUT2D eigenvalue weighted by atomic mass is 10.1. The molecule has 0 radical (unpaired) electrons. The van der Waals surface area contributed by atoms with Crippen LogP contribution in [0, 0.1) is 0 Å². The highest BCUT2D eigenvalue weighted by Crippen LogP contribution is 2.27. The molecule has 0 saturated carbocycles. The van der Waals surface area contributed by atoms with Crippen molar-refractivity contribution >= 4 is 57.8 Å². The van der Waals surface area contributed by atoms with Crippen LogP contribution in [0.15, 0.2) is 60.3 Å². The predicted molar refractivity (Wildman–Crippen MR) is 131 cm³/mol. The summed E-state index contributed by atoms with van der Waals surface area (Å²) in [4.78, 5) is 39.4. The Balaban J connectivity index is 1.74. The summed E-state index contributed by atoms with van der Waals surface area (Å²) in [6.07, 6.45) is 4.15. The number of esters is 1. The van der Waals surface area contributed by atoms with E-state index in [0.717, 1.165) is 22.9 Å². The largest absolute Gasteiger partial charge is 0.465 e. The molecule has 0 atom stereocenters. The summed E-state index contributed by atoms with van der Waals surface area (Å²) in [5.41, 5.74) is 3.11. The minimum Gasteiger partial charge on any atom is -0.465 e. The number of nitrogens with one attached hydrogen (secondary N) is 1. The number of thiocarbonyl (C=S) groups is 1. The summed E-state index contributed by atoms with van der Waals surface area (Å²) in [5, 5.41) is 3.45. The first-order valence-electron chi connectivity index (χ1n) is 10.7. The van der Waals surface area contributed by atoms with E-state index in [4.69, 9.17) is 17.0 Å². The first kappa shape index (κ1) is 22.4. The van der Waals surface area contributed by atoms with Crippen LogP contribution < -0.4 is 10.2 Å². The lowest BCUT2D eigenvalue weighted by molar-refractivity contribution is -0.143. The zero-order valence-electron chi connectivity index (χ0n) is 18.3. The number of ether oxygens (including phenoxy) is 1. The van der Waals surface area contributed by atoms with Crippen molar-refractivity contribution in [2.45, 2.75) is 26.8 Å². The van der Waals surface area contributed by atoms with Crippen LogP contribution in [0.5, 0.6) is 0 Å². The van der Waals surface area contributed by atoms with E-state index < -0.39 is 11.8 Å². The average molecular weight is 462 g/mol. The molecule has 0 bridgehead atoms. The van der Waals surface area contributed by atoms with Crippen LogP contribution in [0.25, 0.3) is 17.0 Å². The summed E-state index contributed by atoms with van der Waals surface area (Å²) >= 11 is 5.29. The van der Waals surface area contributed by atoms with Crippen LogP contribution in [0.1, 0.15) is 25.0 Å². The van der Waals surface area contributed by atoms with Gasteiger partial charge in [-0.2, -0.15) is 0 Å². The number of amides is 2. The van der Waals surface area contributed by atoms with E-state index in [1.165, 1.54) is 11.0 Å². The van der Waals surface area contributed by atoms with Gasteiger partial charge in [0, 0.05) is 22.7 Å². The van der Waals surface area contributed by atoms with Gasteiger partial charge >= 0.3 is 5.97 Å². The monoisotopic (exact) mass is 461 g/mol. The number of benzene rings is 2. The fraction of sp³-hybridized carbons (Fsp3) is 0.200. The van der Waals surface area contributed by atoms with E-state index >= 15 is 0 Å². The number of carbonyl (C=O) groups excluding carboxylic acids is 3. The third-order valence-corrected chi connectivity index (χ3v) is 5.71. The predicted octanol–water partition coefficient (Wildman–Crippen LogP) is 3.60. The van der Waals surface area contributed by atoms with Gasteiger partial charge in [-0.15, -0.1) is 0 Å². The van der Waals surface area contributed by atoms with Crippen molar-refractivity contribution in [3.63, 3.8) is 0 Å². The number of hydrogen-bond donors (Lipinski definition) is 1. The van der Waals surface area contributed by atoms with Crippen molar-refractivity contribution in [2.75, 3.05) is 11.5 Å². The Labute approximate surface area is 196 Å². The van der Waals surface area contributed by atoms with Crippen LogP contribution in [0.3, 0.4) is 0 Å². The molecular weight excluding hydrogens is 438 g/mol. The Morgan fingerprint density at radius 2 is 1.82 bits per heavy atom. The molecule has 1 aliphatic heterocycles. The Bertz CT molecular complexity index is 1290. The lowest BCUT2D eigenvalue weighted by Gasteiger charge is -2.29. The van der Waals surface area contributed by atoms with Gasteiger partial charge in [-0.05, 0) is 55.4 Å². The maximum atomic E-state index is 13.3. The van der Waals surface area contributed by atoms with Crippen molar-refractivity contribution in [2.24, 2.45) is 0 Å². The first-order chi connectivity index (χ1) is 15.9. The van der Waals surface area contributed by atoms with Gasteiger partial charge in [-0.3, -0.25) is 24.6 Å². The third kappa shape index (κ3) is 4.42. The van der Waals surface area contributed by atoms with E-state index in [1.54, 1.807) is 17.7 Å². The smallest absolute Gasteiger partial charge is 0.325 e. The summed E-state index contributed by atoms with van der Waals surface area (Å²) in [6.45, 7) is 4.11. The van der Waals surface area contributed by atoms with Crippen molar-refractivity contribution < 1.29 is 19.1 Å². The lowest BCUT2D eigenvalue weighted by Crippen LogP contribution is -2.54. The number of fused-ring (bicyclic) bond motifs is 1. The highest BCUT2D eigenvalue weighted by Gasteiger charge is 2.34. The molecule has 2 amide bonds. The molecule has 1 N–H and O–H groups in total. The topological polar surface area (TPSA) is 80.6 Å². The molecule has 1 aromatic heterocycles. The number of para-hydroxylation sites is 1. The zero-order valence-corrected chi connectivity index (χ0v) is 19.1. The molecule has 8 heteroatoms. The molecule has 33 heavy (non-hydrogen) atoms. The average Bonchev–Trinajstić information content (AvgIpc) is 3.14. The Kier molecular flexibility index (Phi) is 6.37. The summed E-state index contributed by atoms with van der Waals surface area (Å²) in [7, 11) is 0. The SMILES string of the molecule is CCOC(=O)Cn1cc(/C=C2\C(=O)NC(=S)N(c3ccc(CC)cc3)C2=O)c2ccccc21. The van der Waals surface area contributed by atoms with Gasteiger partial charge < -0.3 is 9.30 Å². The maximum Gasteiger partial charge on any atom is 0.325 e. The van der Waals surface area contributed by atoms with Crippen molar-refractivity contribution in [3.8, 4) is 0 Å². The van der Waals surface area contributed by atoms with Crippen molar-refractivity contribution in [1.82, 2.24) is 9.88 Å². The van der Waals surface area contributed by atoms with E-state index in [0.29, 0.717) is 17.9 Å². The minimum atomic E-state index is -0.561. The number of rotatable bonds is 6. The fourth-order valence-electron chi connectivity index (χ4n) is 3.79. The molecule has 1 saturated heterocycles. The molecular formula is C25H23N3O4S. The fourth-order valence-corrected chi connectivity index (χ4v) is 4.08. The molecule has 0 spiro atoms. The minimum absolute atomic E-state index is 0.0255. The number of aromatic nitrogens is 1. The number of aryl methyl sites for hydroxylation is 1. The summed E-state index contributed by atoms with van der Waals surface area (Å²) in [6, 6.07) is 14.9. The van der Waals surface area contributed by atoms with E-state index in [2.05, 4.69) is 5.32 Å². The van der Waals surface area contributed by atoms with Crippen molar-refractivity contribution in [1.29, 1.82) is 0 Å². The van der Waals surface area contributed by atoms with Crippen LogP contribution >= 0.6 is 12.2 Å². The van der Waals surface area contributed by atoms with Gasteiger partial charge in [0.05, 0.1) is 12.3 Å². The Morgan fingerprint density at radius 3 is 2.52 bits per heavy atom. The summed E-state index contributed by atoms with van der Waals surface area (Å²) in [5.74, 6) is -1.43. The highest BCUT2D eigenvalue weighted by molar-refractivity contribution is 7.80. The zero-order chi connectivity index (χ0) is 23.5. The van der Waals surface area contributed by atoms with Crippen LogP contribution in [-0.2, 0) is 32.1 Å². The Hall–Kier alpha value is -3.78. The first-order valence-corrected chi connectivity index (χ1v) is 11.1. The number of hydrogen-bond acceptors (Lipinski definition) is 5. The van der Waals surface area contributed by atoms with Gasteiger partial charge in [-0.25, -0.2) is 0 Å². The van der Waals surface area contributed by atoms with E-state index in [1.807, 2.05) is 55.5 Å². The number of nitrogens with zero attached hydrogens (tertiary/aromatic N) is 2. The van der Waals surface area contributed by atoms with Gasteiger partial charge in [0.2, 0.25) is 0 Å². The number of carbonyl (C=O) groups is 3. The van der Waals surface area contributed by atoms with Gasteiger partial charge in [0.15, 0.2) is 5.11 Å². The van der Waals surface area contributed by atoms with E-state index in [-0.39, 0.29) is 23.2 Å². The van der Waals surface area contributed by atoms with Gasteiger partial charge in [0.1, 0.15) is 12.1 Å². The second-order valence-corrected chi connectivity index (χ2v) is 7.90. The van der Waals surface area contributed by atoms with Crippen LogP contribution in [0.4, 0.5) is 5.69 Å². The third-order valence-electron chi connectivity index (χ3n) is 5.43. The van der Waals surface area contributed by atoms with Crippen molar-refractivity contribution in [3.05, 3.63) is 71.4 Å². The van der Waals surface area contributed by atoms with Gasteiger partial charge in [0.25, 0.3) is 11.8 Å². The normalized spacial score (nSPS) is 15.3. The molecule has 3 aromatic rings. The quantitative estimate of drug-likeness (QED) is 0.263. The molecule has 1 aliphatic rings. The van der Waals surface area contributed by atoms with Gasteiger partial charge in [-0.1, -0.05) is 37.3 Å². The molecule has 2 heterocycles. The highest BCUT2D eigenvalue weighted by atomic mass is 32.1. The molecule has 4 rings (SSSR count). The molecule has 1 fully saturated rings. The molecule has 0 aliphatic carbocycles.